The van der Waals surface area contributed by atoms with Gasteiger partial charge in [-0.05, 0) is 36.2 Å². The highest BCUT2D eigenvalue weighted by atomic mass is 35.5. The zero-order valence-electron chi connectivity index (χ0n) is 15.8. The zero-order chi connectivity index (χ0) is 19.0. The van der Waals surface area contributed by atoms with Crippen LogP contribution in [0.2, 0.25) is 5.02 Å². The van der Waals surface area contributed by atoms with E-state index in [1.165, 1.54) is 5.56 Å². The van der Waals surface area contributed by atoms with Crippen molar-refractivity contribution in [3.63, 3.8) is 0 Å². The molecule has 5 heteroatoms. The number of amides is 1. The number of carbonyl (C=O) groups excluding carboxylic acids is 1. The van der Waals surface area contributed by atoms with Crippen molar-refractivity contribution in [2.45, 2.75) is 13.5 Å². The van der Waals surface area contributed by atoms with Gasteiger partial charge >= 0.3 is 0 Å². The number of aromatic nitrogens is 1. The Bertz CT molecular complexity index is 972. The van der Waals surface area contributed by atoms with E-state index in [0.29, 0.717) is 5.02 Å². The summed E-state index contributed by atoms with van der Waals surface area (Å²) in [5, 5.41) is 1.75. The van der Waals surface area contributed by atoms with Gasteiger partial charge in [0.25, 0.3) is 5.91 Å². The molecule has 4 nitrogen and oxygen atoms in total. The fourth-order valence-electron chi connectivity index (χ4n) is 4.00. The van der Waals surface area contributed by atoms with E-state index in [2.05, 4.69) is 29.2 Å². The van der Waals surface area contributed by atoms with Crippen LogP contribution < -0.4 is 0 Å². The Kier molecular flexibility index (Phi) is 4.94. The van der Waals surface area contributed by atoms with Gasteiger partial charge in [0.2, 0.25) is 0 Å². The molecule has 1 aliphatic heterocycles. The molecule has 0 saturated carbocycles. The average Bonchev–Trinajstić information content (AvgIpc) is 2.92. The van der Waals surface area contributed by atoms with Crippen molar-refractivity contribution in [2.75, 3.05) is 26.2 Å². The summed E-state index contributed by atoms with van der Waals surface area (Å²) >= 11 is 6.15. The highest BCUT2D eigenvalue weighted by Gasteiger charge is 2.26. The van der Waals surface area contributed by atoms with E-state index in [9.17, 15) is 4.79 Å². The predicted molar refractivity (Wildman–Crippen MR) is 110 cm³/mol. The van der Waals surface area contributed by atoms with E-state index in [1.807, 2.05) is 47.7 Å². The maximum absolute atomic E-state index is 13.2. The first-order valence-electron chi connectivity index (χ1n) is 9.34. The smallest absolute Gasteiger partial charge is 0.270 e. The Morgan fingerprint density at radius 2 is 1.74 bits per heavy atom. The van der Waals surface area contributed by atoms with Crippen molar-refractivity contribution in [1.82, 2.24) is 14.4 Å². The number of hydrogen-bond donors (Lipinski definition) is 0. The van der Waals surface area contributed by atoms with Gasteiger partial charge < -0.3 is 9.47 Å². The summed E-state index contributed by atoms with van der Waals surface area (Å²) in [5.74, 6) is 0.113. The van der Waals surface area contributed by atoms with E-state index >= 15 is 0 Å². The Morgan fingerprint density at radius 1 is 1.04 bits per heavy atom. The number of rotatable bonds is 3. The topological polar surface area (TPSA) is 28.5 Å². The summed E-state index contributed by atoms with van der Waals surface area (Å²) in [6.45, 7) is 6.26. The van der Waals surface area contributed by atoms with Crippen LogP contribution >= 0.6 is 11.6 Å². The number of halogens is 1. The molecule has 1 aliphatic rings. The summed E-state index contributed by atoms with van der Waals surface area (Å²) in [5.41, 5.74) is 4.14. The van der Waals surface area contributed by atoms with Crippen LogP contribution in [0.5, 0.6) is 0 Å². The summed E-state index contributed by atoms with van der Waals surface area (Å²) in [6, 6.07) is 16.3. The minimum Gasteiger partial charge on any atom is -0.339 e. The number of fused-ring (bicyclic) bond motifs is 1. The van der Waals surface area contributed by atoms with Gasteiger partial charge in [-0.3, -0.25) is 9.69 Å². The SMILES string of the molecule is Cc1c(C(=O)N2CCN(Cc3ccccc3)CC2)n(C)c2ccc(Cl)cc12. The summed E-state index contributed by atoms with van der Waals surface area (Å²) < 4.78 is 2.00. The molecule has 1 saturated heterocycles. The van der Waals surface area contributed by atoms with Crippen LogP contribution in [0.25, 0.3) is 10.9 Å². The van der Waals surface area contributed by atoms with Gasteiger partial charge in [-0.1, -0.05) is 41.9 Å². The lowest BCUT2D eigenvalue weighted by molar-refractivity contribution is 0.0619. The van der Waals surface area contributed by atoms with Gasteiger partial charge in [0.05, 0.1) is 0 Å². The van der Waals surface area contributed by atoms with Crippen molar-refractivity contribution in [1.29, 1.82) is 0 Å². The fraction of sp³-hybridized carbons (Fsp3) is 0.318. The third-order valence-electron chi connectivity index (χ3n) is 5.53. The van der Waals surface area contributed by atoms with Crippen LogP contribution in [-0.4, -0.2) is 46.5 Å². The second-order valence-corrected chi connectivity index (χ2v) is 7.68. The average molecular weight is 382 g/mol. The normalized spacial score (nSPS) is 15.4. The molecule has 2 heterocycles. The first-order valence-corrected chi connectivity index (χ1v) is 9.72. The minimum atomic E-state index is 0.113. The molecule has 0 bridgehead atoms. The second kappa shape index (κ2) is 7.37. The first kappa shape index (κ1) is 18.1. The highest BCUT2D eigenvalue weighted by Crippen LogP contribution is 2.28. The molecule has 140 valence electrons. The number of nitrogens with zero attached hydrogens (tertiary/aromatic N) is 3. The maximum atomic E-state index is 13.2. The van der Waals surface area contributed by atoms with Crippen molar-refractivity contribution < 1.29 is 4.79 Å². The standard InChI is InChI=1S/C22H24ClN3O/c1-16-19-14-18(23)8-9-20(19)24(2)21(16)22(27)26-12-10-25(11-13-26)15-17-6-4-3-5-7-17/h3-9,14H,10-13,15H2,1-2H3. The van der Waals surface area contributed by atoms with E-state index in [-0.39, 0.29) is 5.91 Å². The van der Waals surface area contributed by atoms with Gasteiger partial charge in [0.1, 0.15) is 5.69 Å². The van der Waals surface area contributed by atoms with Crippen molar-refractivity contribution >= 4 is 28.4 Å². The molecule has 0 aliphatic carbocycles. The molecule has 27 heavy (non-hydrogen) atoms. The van der Waals surface area contributed by atoms with E-state index < -0.39 is 0 Å². The van der Waals surface area contributed by atoms with E-state index in [0.717, 1.165) is 54.9 Å². The molecule has 0 unspecified atom stereocenters. The van der Waals surface area contributed by atoms with Gasteiger partial charge in [-0.2, -0.15) is 0 Å². The molecule has 4 rings (SSSR count). The summed E-state index contributed by atoms with van der Waals surface area (Å²) in [4.78, 5) is 17.6. The van der Waals surface area contributed by atoms with Crippen molar-refractivity contribution in [3.8, 4) is 0 Å². The van der Waals surface area contributed by atoms with E-state index in [1.54, 1.807) is 0 Å². The van der Waals surface area contributed by atoms with Crippen molar-refractivity contribution in [2.24, 2.45) is 7.05 Å². The van der Waals surface area contributed by atoms with Gasteiger partial charge in [-0.25, -0.2) is 0 Å². The van der Waals surface area contributed by atoms with Crippen LogP contribution in [0.3, 0.4) is 0 Å². The first-order chi connectivity index (χ1) is 13.0. The molecule has 0 spiro atoms. The second-order valence-electron chi connectivity index (χ2n) is 7.25. The number of aryl methyl sites for hydroxylation is 2. The number of benzene rings is 2. The molecular weight excluding hydrogens is 358 g/mol. The third kappa shape index (κ3) is 3.47. The van der Waals surface area contributed by atoms with Crippen LogP contribution in [-0.2, 0) is 13.6 Å². The van der Waals surface area contributed by atoms with Crippen LogP contribution in [0, 0.1) is 6.92 Å². The lowest BCUT2D eigenvalue weighted by atomic mass is 10.1. The van der Waals surface area contributed by atoms with Crippen LogP contribution in [0.15, 0.2) is 48.5 Å². The Labute approximate surface area is 164 Å². The predicted octanol–water partition coefficient (Wildman–Crippen LogP) is 4.10. The van der Waals surface area contributed by atoms with Gasteiger partial charge in [-0.15, -0.1) is 0 Å². The van der Waals surface area contributed by atoms with E-state index in [4.69, 9.17) is 11.6 Å². The quantitative estimate of drug-likeness (QED) is 0.683. The molecule has 3 aromatic rings. The largest absolute Gasteiger partial charge is 0.339 e. The van der Waals surface area contributed by atoms with Gasteiger partial charge in [0, 0.05) is 55.7 Å². The molecule has 1 aromatic heterocycles. The lowest BCUT2D eigenvalue weighted by Gasteiger charge is -2.35. The Hall–Kier alpha value is -2.30. The van der Waals surface area contributed by atoms with Gasteiger partial charge in [0.15, 0.2) is 0 Å². The number of hydrogen-bond acceptors (Lipinski definition) is 2. The number of carbonyl (C=O) groups is 1. The maximum Gasteiger partial charge on any atom is 0.270 e. The zero-order valence-corrected chi connectivity index (χ0v) is 16.5. The lowest BCUT2D eigenvalue weighted by Crippen LogP contribution is -2.48. The number of piperazine rings is 1. The molecular formula is C22H24ClN3O. The Morgan fingerprint density at radius 3 is 2.44 bits per heavy atom. The fourth-order valence-corrected chi connectivity index (χ4v) is 4.18. The monoisotopic (exact) mass is 381 g/mol. The molecule has 0 atom stereocenters. The Balaban J connectivity index is 1.49. The minimum absolute atomic E-state index is 0.113. The van der Waals surface area contributed by atoms with Crippen LogP contribution in [0.4, 0.5) is 0 Å². The highest BCUT2D eigenvalue weighted by molar-refractivity contribution is 6.31. The molecule has 0 N–H and O–H groups in total. The van der Waals surface area contributed by atoms with Crippen molar-refractivity contribution in [3.05, 3.63) is 70.4 Å². The van der Waals surface area contributed by atoms with Crippen LogP contribution in [0.1, 0.15) is 21.6 Å². The molecule has 2 aromatic carbocycles. The molecule has 1 amide bonds. The molecule has 0 radical (unpaired) electrons. The third-order valence-corrected chi connectivity index (χ3v) is 5.76. The molecule has 1 fully saturated rings. The summed E-state index contributed by atoms with van der Waals surface area (Å²) in [6.07, 6.45) is 0. The summed E-state index contributed by atoms with van der Waals surface area (Å²) in [7, 11) is 1.96.